The van der Waals surface area contributed by atoms with Gasteiger partial charge in [-0.1, -0.05) is 35.3 Å². The highest BCUT2D eigenvalue weighted by Gasteiger charge is 2.14. The SMILES string of the molecule is Cn1ccnc1C(N)Cc1cccc(Cl)c1Cl. The van der Waals surface area contributed by atoms with Crippen LogP contribution in [-0.2, 0) is 13.5 Å². The number of hydrogen-bond donors (Lipinski definition) is 1. The molecule has 1 unspecified atom stereocenters. The fourth-order valence-electron chi connectivity index (χ4n) is 1.77. The molecule has 5 heteroatoms. The number of rotatable bonds is 3. The third-order valence-electron chi connectivity index (χ3n) is 2.66. The average Bonchev–Trinajstić information content (AvgIpc) is 2.71. The summed E-state index contributed by atoms with van der Waals surface area (Å²) in [5.74, 6) is 0.834. The minimum Gasteiger partial charge on any atom is -0.337 e. The van der Waals surface area contributed by atoms with Crippen LogP contribution in [0.3, 0.4) is 0 Å². The molecule has 1 atom stereocenters. The van der Waals surface area contributed by atoms with Gasteiger partial charge in [0.05, 0.1) is 16.1 Å². The predicted molar refractivity (Wildman–Crippen MR) is 70.3 cm³/mol. The Kier molecular flexibility index (Phi) is 3.72. The number of halogens is 2. The Morgan fingerprint density at radius 3 is 2.82 bits per heavy atom. The van der Waals surface area contributed by atoms with Crippen LogP contribution < -0.4 is 5.73 Å². The van der Waals surface area contributed by atoms with E-state index in [2.05, 4.69) is 4.98 Å². The Morgan fingerprint density at radius 2 is 2.18 bits per heavy atom. The Bertz CT molecular complexity index is 522. The van der Waals surface area contributed by atoms with E-state index in [0.29, 0.717) is 16.5 Å². The molecular formula is C12H13Cl2N3. The second-order valence-electron chi connectivity index (χ2n) is 3.92. The first-order valence-corrected chi connectivity index (χ1v) is 6.01. The monoisotopic (exact) mass is 269 g/mol. The highest BCUT2D eigenvalue weighted by molar-refractivity contribution is 6.42. The Morgan fingerprint density at radius 1 is 1.41 bits per heavy atom. The zero-order valence-electron chi connectivity index (χ0n) is 9.40. The van der Waals surface area contributed by atoms with Crippen LogP contribution in [0, 0.1) is 0 Å². The molecule has 0 aliphatic carbocycles. The van der Waals surface area contributed by atoms with Gasteiger partial charge in [-0.3, -0.25) is 0 Å². The Balaban J connectivity index is 2.22. The van der Waals surface area contributed by atoms with Crippen LogP contribution in [-0.4, -0.2) is 9.55 Å². The van der Waals surface area contributed by atoms with Crippen molar-refractivity contribution in [2.24, 2.45) is 12.8 Å². The minimum absolute atomic E-state index is 0.189. The smallest absolute Gasteiger partial charge is 0.125 e. The van der Waals surface area contributed by atoms with Crippen molar-refractivity contribution in [2.45, 2.75) is 12.5 Å². The van der Waals surface area contributed by atoms with Crippen LogP contribution >= 0.6 is 23.2 Å². The van der Waals surface area contributed by atoms with E-state index in [1.165, 1.54) is 0 Å². The highest BCUT2D eigenvalue weighted by atomic mass is 35.5. The molecule has 0 aliphatic heterocycles. The number of nitrogens with zero attached hydrogens (tertiary/aromatic N) is 2. The van der Waals surface area contributed by atoms with Gasteiger partial charge in [0.1, 0.15) is 5.82 Å². The molecule has 2 N–H and O–H groups in total. The lowest BCUT2D eigenvalue weighted by molar-refractivity contribution is 0.632. The Hall–Kier alpha value is -1.03. The topological polar surface area (TPSA) is 43.8 Å². The zero-order valence-corrected chi connectivity index (χ0v) is 10.9. The van der Waals surface area contributed by atoms with Crippen LogP contribution in [0.1, 0.15) is 17.4 Å². The third kappa shape index (κ3) is 2.63. The van der Waals surface area contributed by atoms with Crippen molar-refractivity contribution in [1.29, 1.82) is 0 Å². The zero-order chi connectivity index (χ0) is 12.4. The summed E-state index contributed by atoms with van der Waals surface area (Å²) in [6.07, 6.45) is 4.22. The van der Waals surface area contributed by atoms with Gasteiger partial charge in [-0.2, -0.15) is 0 Å². The predicted octanol–water partition coefficient (Wildman–Crippen LogP) is 2.97. The van der Waals surface area contributed by atoms with Crippen LogP contribution in [0.25, 0.3) is 0 Å². The fraction of sp³-hybridized carbons (Fsp3) is 0.250. The maximum absolute atomic E-state index is 6.12. The maximum atomic E-state index is 6.12. The summed E-state index contributed by atoms with van der Waals surface area (Å²) in [5.41, 5.74) is 7.05. The van der Waals surface area contributed by atoms with Gasteiger partial charge in [-0.15, -0.1) is 0 Å². The van der Waals surface area contributed by atoms with Gasteiger partial charge >= 0.3 is 0 Å². The lowest BCUT2D eigenvalue weighted by Crippen LogP contribution is -2.18. The number of benzene rings is 1. The normalized spacial score (nSPS) is 12.7. The van der Waals surface area contributed by atoms with E-state index in [4.69, 9.17) is 28.9 Å². The molecule has 0 saturated heterocycles. The molecule has 1 aromatic heterocycles. The second-order valence-corrected chi connectivity index (χ2v) is 4.71. The van der Waals surface area contributed by atoms with Crippen molar-refractivity contribution in [1.82, 2.24) is 9.55 Å². The molecule has 3 nitrogen and oxygen atoms in total. The van der Waals surface area contributed by atoms with Crippen LogP contribution in [0.5, 0.6) is 0 Å². The molecule has 1 aromatic carbocycles. The average molecular weight is 270 g/mol. The van der Waals surface area contributed by atoms with Gasteiger partial charge in [0.25, 0.3) is 0 Å². The van der Waals surface area contributed by atoms with Crippen LogP contribution in [0.2, 0.25) is 10.0 Å². The maximum Gasteiger partial charge on any atom is 0.125 e. The van der Waals surface area contributed by atoms with Gasteiger partial charge in [-0.05, 0) is 18.1 Å². The number of hydrogen-bond acceptors (Lipinski definition) is 2. The summed E-state index contributed by atoms with van der Waals surface area (Å²) in [5, 5.41) is 1.12. The molecule has 0 fully saturated rings. The van der Waals surface area contributed by atoms with Gasteiger partial charge in [0, 0.05) is 19.4 Å². The van der Waals surface area contributed by atoms with Crippen molar-refractivity contribution < 1.29 is 0 Å². The molecule has 0 radical (unpaired) electrons. The fourth-order valence-corrected chi connectivity index (χ4v) is 2.17. The molecule has 0 aliphatic rings. The van der Waals surface area contributed by atoms with E-state index >= 15 is 0 Å². The van der Waals surface area contributed by atoms with E-state index in [1.54, 1.807) is 12.3 Å². The molecule has 0 saturated carbocycles. The molecule has 0 bridgehead atoms. The summed E-state index contributed by atoms with van der Waals surface area (Å²) in [7, 11) is 1.92. The lowest BCUT2D eigenvalue weighted by atomic mass is 10.1. The van der Waals surface area contributed by atoms with E-state index in [0.717, 1.165) is 11.4 Å². The van der Waals surface area contributed by atoms with Gasteiger partial charge in [0.15, 0.2) is 0 Å². The summed E-state index contributed by atoms with van der Waals surface area (Å²) in [6.45, 7) is 0. The van der Waals surface area contributed by atoms with Crippen LogP contribution in [0.4, 0.5) is 0 Å². The number of aromatic nitrogens is 2. The largest absolute Gasteiger partial charge is 0.337 e. The summed E-state index contributed by atoms with van der Waals surface area (Å²) in [6, 6.07) is 5.37. The highest BCUT2D eigenvalue weighted by Crippen LogP contribution is 2.28. The Labute approximate surface area is 110 Å². The van der Waals surface area contributed by atoms with Gasteiger partial charge in [0.2, 0.25) is 0 Å². The standard InChI is InChI=1S/C12H13Cl2N3/c1-17-6-5-16-12(17)10(15)7-8-3-2-4-9(13)11(8)14/h2-6,10H,7,15H2,1H3. The van der Waals surface area contributed by atoms with Crippen molar-refractivity contribution in [3.05, 3.63) is 52.0 Å². The molecular weight excluding hydrogens is 257 g/mol. The van der Waals surface area contributed by atoms with Crippen molar-refractivity contribution >= 4 is 23.2 Å². The third-order valence-corrected chi connectivity index (χ3v) is 3.52. The number of aryl methyl sites for hydroxylation is 1. The van der Waals surface area contributed by atoms with E-state index in [1.807, 2.05) is 29.9 Å². The quantitative estimate of drug-likeness (QED) is 0.931. The van der Waals surface area contributed by atoms with Gasteiger partial charge in [-0.25, -0.2) is 4.98 Å². The molecule has 17 heavy (non-hydrogen) atoms. The number of imidazole rings is 1. The number of nitrogens with two attached hydrogens (primary N) is 1. The summed E-state index contributed by atoms with van der Waals surface area (Å²) in [4.78, 5) is 4.23. The van der Waals surface area contributed by atoms with E-state index < -0.39 is 0 Å². The molecule has 0 amide bonds. The summed E-state index contributed by atoms with van der Waals surface area (Å²) >= 11 is 12.1. The molecule has 2 aromatic rings. The van der Waals surface area contributed by atoms with E-state index in [-0.39, 0.29) is 6.04 Å². The molecule has 0 spiro atoms. The molecule has 1 heterocycles. The van der Waals surface area contributed by atoms with E-state index in [9.17, 15) is 0 Å². The van der Waals surface area contributed by atoms with Crippen molar-refractivity contribution in [2.75, 3.05) is 0 Å². The van der Waals surface area contributed by atoms with Crippen molar-refractivity contribution in [3.8, 4) is 0 Å². The first kappa shape index (κ1) is 12.4. The first-order chi connectivity index (χ1) is 8.09. The lowest BCUT2D eigenvalue weighted by Gasteiger charge is -2.13. The molecule has 90 valence electrons. The molecule has 2 rings (SSSR count). The van der Waals surface area contributed by atoms with Crippen molar-refractivity contribution in [3.63, 3.8) is 0 Å². The van der Waals surface area contributed by atoms with Gasteiger partial charge < -0.3 is 10.3 Å². The first-order valence-electron chi connectivity index (χ1n) is 5.25. The summed E-state index contributed by atoms with van der Waals surface area (Å²) < 4.78 is 1.91. The second kappa shape index (κ2) is 5.08. The minimum atomic E-state index is -0.189. The van der Waals surface area contributed by atoms with Crippen LogP contribution in [0.15, 0.2) is 30.6 Å².